The number of thiophene rings is 1. The van der Waals surface area contributed by atoms with E-state index in [1.165, 1.54) is 39.9 Å². The van der Waals surface area contributed by atoms with Crippen LogP contribution in [0.25, 0.3) is 0 Å². The molecule has 0 fully saturated rings. The van der Waals surface area contributed by atoms with E-state index in [-0.39, 0.29) is 22.8 Å². The second-order valence-corrected chi connectivity index (χ2v) is 9.34. The standard InChI is InChI=1S/C19H23NO5S2/c1-5-20(6-2)27(23,24)16-9-7-15(8-10-16)19(22)25-12-18(21)17-11-13(3)26-14(17)4/h7-11H,5-6,12H2,1-4H3. The van der Waals surface area contributed by atoms with Gasteiger partial charge in [-0.25, -0.2) is 13.2 Å². The number of sulfonamides is 1. The van der Waals surface area contributed by atoms with Crippen LogP contribution in [0.1, 0.15) is 44.3 Å². The Morgan fingerprint density at radius 1 is 1.07 bits per heavy atom. The van der Waals surface area contributed by atoms with Gasteiger partial charge in [0.05, 0.1) is 10.5 Å². The fourth-order valence-electron chi connectivity index (χ4n) is 2.68. The monoisotopic (exact) mass is 409 g/mol. The Kier molecular flexibility index (Phi) is 6.91. The molecule has 0 atom stereocenters. The van der Waals surface area contributed by atoms with E-state index < -0.39 is 16.0 Å². The number of esters is 1. The second-order valence-electron chi connectivity index (χ2n) is 5.94. The highest BCUT2D eigenvalue weighted by Gasteiger charge is 2.22. The molecule has 0 bridgehead atoms. The van der Waals surface area contributed by atoms with Crippen LogP contribution in [0, 0.1) is 13.8 Å². The van der Waals surface area contributed by atoms with Crippen LogP contribution in [-0.4, -0.2) is 44.2 Å². The zero-order valence-electron chi connectivity index (χ0n) is 15.8. The van der Waals surface area contributed by atoms with E-state index in [0.29, 0.717) is 18.7 Å². The zero-order valence-corrected chi connectivity index (χ0v) is 17.4. The summed E-state index contributed by atoms with van der Waals surface area (Å²) >= 11 is 1.52. The van der Waals surface area contributed by atoms with Gasteiger partial charge in [-0.1, -0.05) is 13.8 Å². The van der Waals surface area contributed by atoms with Crippen LogP contribution < -0.4 is 0 Å². The molecule has 0 spiro atoms. The van der Waals surface area contributed by atoms with Gasteiger partial charge in [-0.05, 0) is 44.2 Å². The average Bonchev–Trinajstić information content (AvgIpc) is 2.98. The quantitative estimate of drug-likeness (QED) is 0.493. The molecule has 27 heavy (non-hydrogen) atoms. The maximum Gasteiger partial charge on any atom is 0.338 e. The molecule has 6 nitrogen and oxygen atoms in total. The van der Waals surface area contributed by atoms with Gasteiger partial charge in [-0.3, -0.25) is 4.79 Å². The first-order chi connectivity index (χ1) is 12.7. The third-order valence-electron chi connectivity index (χ3n) is 4.11. The van der Waals surface area contributed by atoms with Crippen molar-refractivity contribution >= 4 is 33.1 Å². The van der Waals surface area contributed by atoms with Crippen molar-refractivity contribution in [2.45, 2.75) is 32.6 Å². The van der Waals surface area contributed by atoms with Gasteiger partial charge in [0, 0.05) is 28.4 Å². The van der Waals surface area contributed by atoms with Crippen molar-refractivity contribution in [1.82, 2.24) is 4.31 Å². The van der Waals surface area contributed by atoms with Gasteiger partial charge in [0.25, 0.3) is 0 Å². The van der Waals surface area contributed by atoms with Crippen LogP contribution in [0.2, 0.25) is 0 Å². The Hall–Kier alpha value is -2.03. The first-order valence-electron chi connectivity index (χ1n) is 8.58. The molecule has 0 radical (unpaired) electrons. The molecule has 0 N–H and O–H groups in total. The Morgan fingerprint density at radius 2 is 1.67 bits per heavy atom. The molecule has 0 unspecified atom stereocenters. The Morgan fingerprint density at radius 3 is 2.15 bits per heavy atom. The highest BCUT2D eigenvalue weighted by molar-refractivity contribution is 7.89. The van der Waals surface area contributed by atoms with Crippen molar-refractivity contribution in [2.75, 3.05) is 19.7 Å². The average molecular weight is 410 g/mol. The molecular formula is C19H23NO5S2. The first-order valence-corrected chi connectivity index (χ1v) is 10.8. The highest BCUT2D eigenvalue weighted by Crippen LogP contribution is 2.21. The third kappa shape index (κ3) is 4.82. The summed E-state index contributed by atoms with van der Waals surface area (Å²) in [7, 11) is -3.58. The van der Waals surface area contributed by atoms with Crippen LogP contribution >= 0.6 is 11.3 Å². The van der Waals surface area contributed by atoms with Crippen LogP contribution in [0.3, 0.4) is 0 Å². The summed E-state index contributed by atoms with van der Waals surface area (Å²) in [5.41, 5.74) is 0.755. The minimum absolute atomic E-state index is 0.114. The Balaban J connectivity index is 2.05. The van der Waals surface area contributed by atoms with Crippen molar-refractivity contribution < 1.29 is 22.7 Å². The second kappa shape index (κ2) is 8.77. The van der Waals surface area contributed by atoms with Crippen LogP contribution in [-0.2, 0) is 14.8 Å². The molecule has 0 saturated carbocycles. The number of ether oxygens (including phenoxy) is 1. The molecule has 0 aliphatic heterocycles. The number of rotatable bonds is 8. The van der Waals surface area contributed by atoms with Crippen molar-refractivity contribution in [3.05, 3.63) is 51.2 Å². The lowest BCUT2D eigenvalue weighted by molar-refractivity contribution is 0.0474. The van der Waals surface area contributed by atoms with E-state index >= 15 is 0 Å². The van der Waals surface area contributed by atoms with Crippen molar-refractivity contribution in [1.29, 1.82) is 0 Å². The zero-order chi connectivity index (χ0) is 20.2. The number of benzene rings is 1. The summed E-state index contributed by atoms with van der Waals surface area (Å²) in [6.07, 6.45) is 0. The third-order valence-corrected chi connectivity index (χ3v) is 7.14. The Bertz CT molecular complexity index is 926. The van der Waals surface area contributed by atoms with Crippen LogP contribution in [0.4, 0.5) is 0 Å². The fourth-order valence-corrected chi connectivity index (χ4v) is 5.08. The predicted molar refractivity (Wildman–Crippen MR) is 105 cm³/mol. The summed E-state index contributed by atoms with van der Waals surface area (Å²) in [5, 5.41) is 0. The van der Waals surface area contributed by atoms with E-state index in [0.717, 1.165) is 9.75 Å². The highest BCUT2D eigenvalue weighted by atomic mass is 32.2. The van der Waals surface area contributed by atoms with Gasteiger partial charge < -0.3 is 4.74 Å². The van der Waals surface area contributed by atoms with E-state index in [4.69, 9.17) is 4.74 Å². The smallest absolute Gasteiger partial charge is 0.338 e. The van der Waals surface area contributed by atoms with Crippen LogP contribution in [0.5, 0.6) is 0 Å². The maximum atomic E-state index is 12.4. The molecule has 0 aliphatic carbocycles. The van der Waals surface area contributed by atoms with E-state index in [9.17, 15) is 18.0 Å². The number of aryl methyl sites for hydroxylation is 2. The molecule has 146 valence electrons. The number of hydrogen-bond donors (Lipinski definition) is 0. The summed E-state index contributed by atoms with van der Waals surface area (Å²) in [6.45, 7) is 7.67. The number of carbonyl (C=O) groups excluding carboxylic acids is 2. The molecule has 1 aromatic heterocycles. The van der Waals surface area contributed by atoms with E-state index in [2.05, 4.69) is 0 Å². The van der Waals surface area contributed by atoms with Gasteiger partial charge in [-0.15, -0.1) is 11.3 Å². The molecule has 8 heteroatoms. The molecule has 1 aromatic carbocycles. The molecule has 0 amide bonds. The van der Waals surface area contributed by atoms with Gasteiger partial charge >= 0.3 is 5.97 Å². The topological polar surface area (TPSA) is 80.8 Å². The van der Waals surface area contributed by atoms with Gasteiger partial charge in [0.1, 0.15) is 0 Å². The number of nitrogens with zero attached hydrogens (tertiary/aromatic N) is 1. The van der Waals surface area contributed by atoms with E-state index in [1.807, 2.05) is 13.8 Å². The van der Waals surface area contributed by atoms with Crippen molar-refractivity contribution in [2.24, 2.45) is 0 Å². The molecule has 1 heterocycles. The lowest BCUT2D eigenvalue weighted by Crippen LogP contribution is -2.30. The normalized spacial score (nSPS) is 11.6. The van der Waals surface area contributed by atoms with Crippen molar-refractivity contribution in [3.63, 3.8) is 0 Å². The number of Topliss-reactive ketones (excluding diaryl/α,β-unsaturated/α-hetero) is 1. The van der Waals surface area contributed by atoms with Gasteiger partial charge in [-0.2, -0.15) is 4.31 Å². The largest absolute Gasteiger partial charge is 0.454 e. The summed E-state index contributed by atoms with van der Waals surface area (Å²) in [4.78, 5) is 26.4. The van der Waals surface area contributed by atoms with Crippen LogP contribution in [0.15, 0.2) is 35.2 Å². The maximum absolute atomic E-state index is 12.4. The fraction of sp³-hybridized carbons (Fsp3) is 0.368. The molecule has 0 aliphatic rings. The van der Waals surface area contributed by atoms with Gasteiger partial charge in [0.2, 0.25) is 15.8 Å². The lowest BCUT2D eigenvalue weighted by atomic mass is 10.2. The van der Waals surface area contributed by atoms with E-state index in [1.54, 1.807) is 19.9 Å². The summed E-state index contributed by atoms with van der Waals surface area (Å²) < 4.78 is 31.3. The number of hydrogen-bond acceptors (Lipinski definition) is 6. The molecule has 2 aromatic rings. The molecule has 0 saturated heterocycles. The molecule has 2 rings (SSSR count). The number of ketones is 1. The summed E-state index contributed by atoms with van der Waals surface area (Å²) in [6, 6.07) is 7.31. The SMILES string of the molecule is CCN(CC)S(=O)(=O)c1ccc(C(=O)OCC(=O)c2cc(C)sc2C)cc1. The Labute approximate surface area is 163 Å². The lowest BCUT2D eigenvalue weighted by Gasteiger charge is -2.18. The minimum atomic E-state index is -3.58. The van der Waals surface area contributed by atoms with Gasteiger partial charge in [0.15, 0.2) is 6.61 Å². The first kappa shape index (κ1) is 21.3. The minimum Gasteiger partial charge on any atom is -0.454 e. The number of carbonyl (C=O) groups is 2. The predicted octanol–water partition coefficient (Wildman–Crippen LogP) is 3.44. The summed E-state index contributed by atoms with van der Waals surface area (Å²) in [5.74, 6) is -0.925. The molecular weight excluding hydrogens is 386 g/mol. The van der Waals surface area contributed by atoms with Crippen molar-refractivity contribution in [3.8, 4) is 0 Å².